The third kappa shape index (κ3) is 5.38. The van der Waals surface area contributed by atoms with E-state index in [-0.39, 0.29) is 31.0 Å². The predicted molar refractivity (Wildman–Crippen MR) is 95.7 cm³/mol. The first-order valence-electron chi connectivity index (χ1n) is 8.33. The monoisotopic (exact) mass is 343 g/mol. The first kappa shape index (κ1) is 18.6. The van der Waals surface area contributed by atoms with Crippen LogP contribution in [0.1, 0.15) is 31.2 Å². The summed E-state index contributed by atoms with van der Waals surface area (Å²) in [5, 5.41) is 5.24. The van der Waals surface area contributed by atoms with Crippen molar-refractivity contribution in [2.75, 3.05) is 13.6 Å². The number of likely N-dealkylation sites (N-methyl/N-ethyl adjacent to an activating group) is 1. The number of carbonyl (C=O) groups is 2. The fourth-order valence-corrected chi connectivity index (χ4v) is 2.78. The Morgan fingerprint density at radius 1 is 1.08 bits per heavy atom. The van der Waals surface area contributed by atoms with Crippen LogP contribution in [0.5, 0.6) is 0 Å². The molecule has 0 spiro atoms. The molecule has 0 saturated carbocycles. The molecule has 2 rings (SSSR count). The molecule has 6 heteroatoms. The molecule has 6 nitrogen and oxygen atoms in total. The lowest BCUT2D eigenvalue weighted by molar-refractivity contribution is -0.131. The van der Waals surface area contributed by atoms with E-state index >= 15 is 0 Å². The summed E-state index contributed by atoms with van der Waals surface area (Å²) in [5.74, 6) is 0.766. The number of benzene rings is 1. The Morgan fingerprint density at radius 3 is 2.40 bits per heavy atom. The van der Waals surface area contributed by atoms with Crippen LogP contribution in [0.4, 0.5) is 4.79 Å². The summed E-state index contributed by atoms with van der Waals surface area (Å²) in [7, 11) is 1.77. The van der Waals surface area contributed by atoms with E-state index in [0.29, 0.717) is 5.76 Å². The summed E-state index contributed by atoms with van der Waals surface area (Å²) in [5.41, 5.74) is 1.08. The second-order valence-electron chi connectivity index (χ2n) is 6.22. The Labute approximate surface area is 148 Å². The highest BCUT2D eigenvalue weighted by Gasteiger charge is 2.24. The molecule has 0 saturated heterocycles. The fourth-order valence-electron chi connectivity index (χ4n) is 2.78. The molecule has 0 bridgehead atoms. The molecule has 2 N–H and O–H groups in total. The average Bonchev–Trinajstić information content (AvgIpc) is 3.12. The first-order chi connectivity index (χ1) is 12.0. The van der Waals surface area contributed by atoms with Crippen LogP contribution in [-0.2, 0) is 11.3 Å². The first-order valence-corrected chi connectivity index (χ1v) is 8.33. The van der Waals surface area contributed by atoms with E-state index in [9.17, 15) is 9.59 Å². The van der Waals surface area contributed by atoms with Gasteiger partial charge in [-0.3, -0.25) is 4.79 Å². The van der Waals surface area contributed by atoms with Crippen molar-refractivity contribution in [2.45, 2.75) is 26.4 Å². The van der Waals surface area contributed by atoms with Crippen LogP contribution in [0.3, 0.4) is 0 Å². The summed E-state index contributed by atoms with van der Waals surface area (Å²) < 4.78 is 5.14. The zero-order chi connectivity index (χ0) is 18.2. The van der Waals surface area contributed by atoms with Crippen molar-refractivity contribution >= 4 is 11.9 Å². The largest absolute Gasteiger partial charge is 0.467 e. The third-order valence-corrected chi connectivity index (χ3v) is 3.99. The predicted octanol–water partition coefficient (Wildman–Crippen LogP) is 2.93. The van der Waals surface area contributed by atoms with Gasteiger partial charge in [-0.1, -0.05) is 44.2 Å². The van der Waals surface area contributed by atoms with E-state index in [2.05, 4.69) is 24.5 Å². The van der Waals surface area contributed by atoms with Crippen molar-refractivity contribution in [1.82, 2.24) is 15.5 Å². The zero-order valence-corrected chi connectivity index (χ0v) is 14.9. The molecule has 3 amide bonds. The third-order valence-electron chi connectivity index (χ3n) is 3.99. The molecule has 134 valence electrons. The van der Waals surface area contributed by atoms with E-state index in [4.69, 9.17) is 4.42 Å². The number of amides is 3. The van der Waals surface area contributed by atoms with Crippen LogP contribution in [0, 0.1) is 5.92 Å². The van der Waals surface area contributed by atoms with Crippen LogP contribution >= 0.6 is 0 Å². The average molecular weight is 343 g/mol. The minimum atomic E-state index is -0.404. The van der Waals surface area contributed by atoms with Crippen LogP contribution in [0.2, 0.25) is 0 Å². The van der Waals surface area contributed by atoms with Crippen molar-refractivity contribution in [3.05, 3.63) is 60.1 Å². The number of carbonyl (C=O) groups excluding carboxylic acids is 2. The summed E-state index contributed by atoms with van der Waals surface area (Å²) >= 11 is 0. The van der Waals surface area contributed by atoms with Gasteiger partial charge in [0.1, 0.15) is 5.76 Å². The highest BCUT2D eigenvalue weighted by molar-refractivity contribution is 5.84. The molecule has 0 fully saturated rings. The van der Waals surface area contributed by atoms with Gasteiger partial charge in [-0.25, -0.2) is 4.79 Å². The van der Waals surface area contributed by atoms with Gasteiger partial charge in [0, 0.05) is 7.05 Å². The Bertz CT molecular complexity index is 668. The summed E-state index contributed by atoms with van der Waals surface area (Å²) in [6.45, 7) is 4.37. The van der Waals surface area contributed by atoms with E-state index in [1.807, 2.05) is 30.3 Å². The van der Waals surface area contributed by atoms with Crippen molar-refractivity contribution in [3.8, 4) is 0 Å². The Hall–Kier alpha value is -2.76. The number of urea groups is 1. The standard InChI is InChI=1S/C19H25N3O3/c1-14(2)18(15-8-5-4-6-9-15)22(3)17(23)13-21-19(24)20-12-16-10-7-11-25-16/h4-11,14,18H,12-13H2,1-3H3,(H2,20,21,24)/t18-/m1/s1. The molecule has 0 unspecified atom stereocenters. The maximum absolute atomic E-state index is 12.5. The van der Waals surface area contributed by atoms with Gasteiger partial charge in [-0.05, 0) is 23.6 Å². The van der Waals surface area contributed by atoms with E-state index in [0.717, 1.165) is 5.56 Å². The smallest absolute Gasteiger partial charge is 0.315 e. The molecule has 1 aromatic carbocycles. The summed E-state index contributed by atoms with van der Waals surface area (Å²) in [4.78, 5) is 26.0. The molecule has 0 aliphatic heterocycles. The number of nitrogens with zero attached hydrogens (tertiary/aromatic N) is 1. The number of hydrogen-bond acceptors (Lipinski definition) is 3. The molecule has 1 aromatic heterocycles. The van der Waals surface area contributed by atoms with Crippen molar-refractivity contribution in [1.29, 1.82) is 0 Å². The van der Waals surface area contributed by atoms with Gasteiger partial charge >= 0.3 is 6.03 Å². The number of nitrogens with one attached hydrogen (secondary N) is 2. The van der Waals surface area contributed by atoms with Crippen molar-refractivity contribution in [2.24, 2.45) is 5.92 Å². The maximum atomic E-state index is 12.5. The summed E-state index contributed by atoms with van der Waals surface area (Å²) in [6, 6.07) is 13.0. The minimum absolute atomic E-state index is 0.0401. The van der Waals surface area contributed by atoms with Crippen molar-refractivity contribution in [3.63, 3.8) is 0 Å². The van der Waals surface area contributed by atoms with Gasteiger partial charge in [0.05, 0.1) is 25.4 Å². The maximum Gasteiger partial charge on any atom is 0.315 e. The number of furan rings is 1. The van der Waals surface area contributed by atoms with Crippen molar-refractivity contribution < 1.29 is 14.0 Å². The molecule has 0 aliphatic carbocycles. The lowest BCUT2D eigenvalue weighted by Crippen LogP contribution is -2.44. The van der Waals surface area contributed by atoms with Gasteiger partial charge in [0.15, 0.2) is 0 Å². The van der Waals surface area contributed by atoms with E-state index in [1.165, 1.54) is 0 Å². The molecule has 0 aliphatic rings. The molecule has 0 radical (unpaired) electrons. The lowest BCUT2D eigenvalue weighted by Gasteiger charge is -2.32. The van der Waals surface area contributed by atoms with Gasteiger partial charge in [0.2, 0.25) is 5.91 Å². The Balaban J connectivity index is 1.86. The van der Waals surface area contributed by atoms with Gasteiger partial charge in [-0.15, -0.1) is 0 Å². The Kier molecular flexibility index (Phi) is 6.62. The Morgan fingerprint density at radius 2 is 1.80 bits per heavy atom. The van der Waals surface area contributed by atoms with Gasteiger partial charge in [-0.2, -0.15) is 0 Å². The topological polar surface area (TPSA) is 74.6 Å². The minimum Gasteiger partial charge on any atom is -0.467 e. The summed E-state index contributed by atoms with van der Waals surface area (Å²) in [6.07, 6.45) is 1.54. The van der Waals surface area contributed by atoms with E-state index < -0.39 is 6.03 Å². The molecule has 1 atom stereocenters. The zero-order valence-electron chi connectivity index (χ0n) is 14.9. The van der Waals surface area contributed by atoms with Crippen LogP contribution < -0.4 is 10.6 Å². The molecule has 1 heterocycles. The highest BCUT2D eigenvalue weighted by atomic mass is 16.3. The van der Waals surface area contributed by atoms with Gasteiger partial charge < -0.3 is 20.0 Å². The molecular weight excluding hydrogens is 318 g/mol. The quantitative estimate of drug-likeness (QED) is 0.812. The van der Waals surface area contributed by atoms with Crippen LogP contribution in [0.15, 0.2) is 53.1 Å². The normalized spacial score (nSPS) is 11.8. The fraction of sp³-hybridized carbons (Fsp3) is 0.368. The van der Waals surface area contributed by atoms with Crippen LogP contribution in [-0.4, -0.2) is 30.4 Å². The molecule has 25 heavy (non-hydrogen) atoms. The van der Waals surface area contributed by atoms with Crippen LogP contribution in [0.25, 0.3) is 0 Å². The second-order valence-corrected chi connectivity index (χ2v) is 6.22. The number of rotatable bonds is 7. The van der Waals surface area contributed by atoms with E-state index in [1.54, 1.807) is 30.3 Å². The SMILES string of the molecule is CC(C)[C@H](c1ccccc1)N(C)C(=O)CNC(=O)NCc1ccco1. The number of hydrogen-bond donors (Lipinski definition) is 2. The molecular formula is C19H25N3O3. The molecule has 2 aromatic rings. The highest BCUT2D eigenvalue weighted by Crippen LogP contribution is 2.27. The second kappa shape index (κ2) is 8.92. The lowest BCUT2D eigenvalue weighted by atomic mass is 9.94. The van der Waals surface area contributed by atoms with Gasteiger partial charge in [0.25, 0.3) is 0 Å².